The number of oxazole rings is 1. The lowest BCUT2D eigenvalue weighted by atomic mass is 9.92. The van der Waals surface area contributed by atoms with Crippen LogP contribution in [0.4, 0.5) is 10.3 Å². The van der Waals surface area contributed by atoms with E-state index in [1.165, 1.54) is 12.1 Å². The minimum absolute atomic E-state index is 0.0709. The Kier molecular flexibility index (Phi) is 7.20. The molecule has 1 heterocycles. The Morgan fingerprint density at radius 2 is 1.79 bits per heavy atom. The van der Waals surface area contributed by atoms with Crippen molar-refractivity contribution in [1.82, 2.24) is 4.98 Å². The lowest BCUT2D eigenvalue weighted by Gasteiger charge is -2.17. The largest absolute Gasteiger partial charge is 0.508 e. The zero-order chi connectivity index (χ0) is 24.2. The molecule has 1 unspecified atom stereocenters. The molecule has 0 saturated heterocycles. The summed E-state index contributed by atoms with van der Waals surface area (Å²) < 4.78 is 19.5. The topological polar surface area (TPSA) is 75.4 Å². The van der Waals surface area contributed by atoms with Gasteiger partial charge in [0.05, 0.1) is 16.0 Å². The van der Waals surface area contributed by atoms with E-state index in [4.69, 9.17) is 27.6 Å². The summed E-state index contributed by atoms with van der Waals surface area (Å²) in [6, 6.07) is 17.9. The Hall–Kier alpha value is -3.35. The summed E-state index contributed by atoms with van der Waals surface area (Å²) in [4.78, 5) is 18.0. The van der Waals surface area contributed by atoms with Crippen LogP contribution >= 0.6 is 23.2 Å². The van der Waals surface area contributed by atoms with Crippen molar-refractivity contribution in [2.75, 3.05) is 5.32 Å². The Labute approximate surface area is 206 Å². The summed E-state index contributed by atoms with van der Waals surface area (Å²) in [5.41, 5.74) is 1.72. The van der Waals surface area contributed by atoms with Gasteiger partial charge in [0.25, 0.3) is 0 Å². The lowest BCUT2D eigenvalue weighted by molar-refractivity contribution is -0.117. The number of phenols is 1. The second-order valence-electron chi connectivity index (χ2n) is 7.69. The minimum atomic E-state index is -0.745. The second kappa shape index (κ2) is 10.3. The SMILES string of the molecule is CCCC(C(=O)Nc1oc(-c2ccccc2)nc1-c1c(Cl)cccc1Cl)c1ccc(F)cc1O. The van der Waals surface area contributed by atoms with Gasteiger partial charge in [-0.15, -0.1) is 0 Å². The maximum Gasteiger partial charge on any atom is 0.234 e. The van der Waals surface area contributed by atoms with Crippen molar-refractivity contribution in [3.63, 3.8) is 0 Å². The van der Waals surface area contributed by atoms with Gasteiger partial charge >= 0.3 is 0 Å². The average Bonchev–Trinajstić information content (AvgIpc) is 3.21. The molecule has 1 aromatic heterocycles. The molecule has 8 heteroatoms. The number of amides is 1. The number of hydrogen-bond donors (Lipinski definition) is 2. The molecule has 0 aliphatic rings. The van der Waals surface area contributed by atoms with E-state index in [1.54, 1.807) is 18.2 Å². The van der Waals surface area contributed by atoms with Gasteiger partial charge in [-0.1, -0.05) is 66.9 Å². The van der Waals surface area contributed by atoms with E-state index in [0.29, 0.717) is 39.6 Å². The molecule has 0 fully saturated rings. The summed E-state index contributed by atoms with van der Waals surface area (Å²) in [5.74, 6) is -1.71. The fourth-order valence-electron chi connectivity index (χ4n) is 3.73. The van der Waals surface area contributed by atoms with E-state index in [9.17, 15) is 14.3 Å². The Morgan fingerprint density at radius 3 is 2.44 bits per heavy atom. The monoisotopic (exact) mass is 498 g/mol. The normalized spacial score (nSPS) is 11.9. The summed E-state index contributed by atoms with van der Waals surface area (Å²) in [7, 11) is 0. The van der Waals surface area contributed by atoms with Gasteiger partial charge in [-0.3, -0.25) is 10.1 Å². The van der Waals surface area contributed by atoms with Gasteiger partial charge in [-0.05, 0) is 36.8 Å². The lowest BCUT2D eigenvalue weighted by Crippen LogP contribution is -2.21. The number of nitrogens with zero attached hydrogens (tertiary/aromatic N) is 1. The third kappa shape index (κ3) is 4.93. The first kappa shape index (κ1) is 23.8. The van der Waals surface area contributed by atoms with E-state index >= 15 is 0 Å². The van der Waals surface area contributed by atoms with E-state index in [2.05, 4.69) is 10.3 Å². The molecule has 0 aliphatic carbocycles. The van der Waals surface area contributed by atoms with Gasteiger partial charge in [0, 0.05) is 22.8 Å². The summed E-state index contributed by atoms with van der Waals surface area (Å²) >= 11 is 12.8. The molecular weight excluding hydrogens is 478 g/mol. The maximum absolute atomic E-state index is 13.5. The molecule has 174 valence electrons. The van der Waals surface area contributed by atoms with Crippen molar-refractivity contribution in [2.45, 2.75) is 25.7 Å². The standard InChI is InChI=1S/C26H21Cl2FN2O3/c1-2-7-18(17-13-12-16(29)14-21(17)32)24(33)31-26-23(22-19(27)10-6-11-20(22)28)30-25(34-26)15-8-4-3-5-9-15/h3-6,8-14,18,32H,2,7H2,1H3,(H,31,33). The highest BCUT2D eigenvalue weighted by Gasteiger charge is 2.27. The number of hydrogen-bond acceptors (Lipinski definition) is 4. The average molecular weight is 499 g/mol. The first-order valence-electron chi connectivity index (χ1n) is 10.7. The van der Waals surface area contributed by atoms with Gasteiger partial charge in [-0.2, -0.15) is 0 Å². The quantitative estimate of drug-likeness (QED) is 0.274. The Morgan fingerprint density at radius 1 is 1.09 bits per heavy atom. The minimum Gasteiger partial charge on any atom is -0.508 e. The van der Waals surface area contributed by atoms with E-state index in [0.717, 1.165) is 6.07 Å². The number of anilines is 1. The van der Waals surface area contributed by atoms with E-state index < -0.39 is 17.6 Å². The van der Waals surface area contributed by atoms with Crippen LogP contribution in [0.2, 0.25) is 10.0 Å². The van der Waals surface area contributed by atoms with Crippen molar-refractivity contribution < 1.29 is 18.7 Å². The van der Waals surface area contributed by atoms with Crippen molar-refractivity contribution in [1.29, 1.82) is 0 Å². The van der Waals surface area contributed by atoms with Crippen LogP contribution in [0, 0.1) is 5.82 Å². The van der Waals surface area contributed by atoms with E-state index in [1.807, 2.05) is 37.3 Å². The van der Waals surface area contributed by atoms with Gasteiger partial charge in [0.2, 0.25) is 17.7 Å². The van der Waals surface area contributed by atoms with Gasteiger partial charge in [0.1, 0.15) is 17.3 Å². The third-order valence-corrected chi connectivity index (χ3v) is 5.98. The molecule has 0 aliphatic heterocycles. The number of halogens is 3. The van der Waals surface area contributed by atoms with Crippen LogP contribution in [0.1, 0.15) is 31.2 Å². The van der Waals surface area contributed by atoms with Gasteiger partial charge < -0.3 is 9.52 Å². The number of aromatic nitrogens is 1. The maximum atomic E-state index is 13.5. The molecule has 4 rings (SSSR count). The molecule has 0 bridgehead atoms. The Balaban J connectivity index is 1.78. The molecule has 3 aromatic carbocycles. The number of phenolic OH excluding ortho intramolecular Hbond substituents is 1. The Bertz CT molecular complexity index is 1300. The smallest absolute Gasteiger partial charge is 0.234 e. The van der Waals surface area contributed by atoms with Crippen molar-refractivity contribution >= 4 is 35.0 Å². The molecule has 2 N–H and O–H groups in total. The number of carbonyl (C=O) groups excluding carboxylic acids is 1. The fraction of sp³-hybridized carbons (Fsp3) is 0.154. The summed E-state index contributed by atoms with van der Waals surface area (Å²) in [6.07, 6.45) is 1.08. The molecule has 34 heavy (non-hydrogen) atoms. The summed E-state index contributed by atoms with van der Waals surface area (Å²) in [6.45, 7) is 1.91. The van der Waals surface area contributed by atoms with E-state index in [-0.39, 0.29) is 23.2 Å². The number of rotatable bonds is 7. The van der Waals surface area contributed by atoms with Crippen molar-refractivity contribution in [2.24, 2.45) is 0 Å². The van der Waals surface area contributed by atoms with Crippen LogP contribution in [-0.4, -0.2) is 16.0 Å². The first-order chi connectivity index (χ1) is 16.4. The first-order valence-corrected chi connectivity index (χ1v) is 11.4. The molecule has 0 radical (unpaired) electrons. The van der Waals surface area contributed by atoms with Crippen LogP contribution in [0.3, 0.4) is 0 Å². The number of benzene rings is 3. The summed E-state index contributed by atoms with van der Waals surface area (Å²) in [5, 5.41) is 13.7. The van der Waals surface area contributed by atoms with Crippen LogP contribution in [0.5, 0.6) is 5.75 Å². The number of carbonyl (C=O) groups is 1. The van der Waals surface area contributed by atoms with Crippen molar-refractivity contribution in [3.8, 4) is 28.5 Å². The molecule has 5 nitrogen and oxygen atoms in total. The highest BCUT2D eigenvalue weighted by Crippen LogP contribution is 2.41. The highest BCUT2D eigenvalue weighted by molar-refractivity contribution is 6.39. The number of nitrogens with one attached hydrogen (secondary N) is 1. The van der Waals surface area contributed by atoms with Crippen LogP contribution in [0.15, 0.2) is 71.1 Å². The molecule has 1 atom stereocenters. The number of aromatic hydroxyl groups is 1. The van der Waals surface area contributed by atoms with Crippen LogP contribution < -0.4 is 5.32 Å². The second-order valence-corrected chi connectivity index (χ2v) is 8.51. The molecule has 1 amide bonds. The van der Waals surface area contributed by atoms with Gasteiger partial charge in [-0.25, -0.2) is 9.37 Å². The van der Waals surface area contributed by atoms with Crippen LogP contribution in [0.25, 0.3) is 22.7 Å². The molecular formula is C26H21Cl2FN2O3. The predicted octanol–water partition coefficient (Wildman–Crippen LogP) is 7.68. The highest BCUT2D eigenvalue weighted by atomic mass is 35.5. The fourth-order valence-corrected chi connectivity index (χ4v) is 4.31. The van der Waals surface area contributed by atoms with Crippen LogP contribution in [-0.2, 0) is 4.79 Å². The zero-order valence-corrected chi connectivity index (χ0v) is 19.7. The molecule has 4 aromatic rings. The third-order valence-electron chi connectivity index (χ3n) is 5.35. The molecule has 0 spiro atoms. The zero-order valence-electron chi connectivity index (χ0n) is 18.2. The van der Waals surface area contributed by atoms with Gasteiger partial charge in [0.15, 0.2) is 0 Å². The predicted molar refractivity (Wildman–Crippen MR) is 132 cm³/mol. The molecule has 0 saturated carbocycles. The van der Waals surface area contributed by atoms with Crippen molar-refractivity contribution in [3.05, 3.63) is 88.2 Å².